The molecular formula is C13H24N2O3S. The first-order valence-electron chi connectivity index (χ1n) is 6.92. The minimum atomic E-state index is -2.93. The fourth-order valence-electron chi connectivity index (χ4n) is 3.45. The first kappa shape index (κ1) is 14.8. The number of nitrogens with zero attached hydrogens (tertiary/aromatic N) is 2. The van der Waals surface area contributed by atoms with Crippen molar-refractivity contribution in [3.63, 3.8) is 0 Å². The molecule has 2 aliphatic rings. The van der Waals surface area contributed by atoms with Gasteiger partial charge in [0.15, 0.2) is 0 Å². The maximum Gasteiger partial charge on any atom is 0.222 e. The molecule has 0 aromatic rings. The monoisotopic (exact) mass is 288 g/mol. The Kier molecular flexibility index (Phi) is 3.93. The maximum atomic E-state index is 11.7. The van der Waals surface area contributed by atoms with E-state index in [1.165, 1.54) is 6.26 Å². The van der Waals surface area contributed by atoms with Gasteiger partial charge in [0.1, 0.15) is 9.84 Å². The van der Waals surface area contributed by atoms with Crippen LogP contribution in [-0.2, 0) is 14.6 Å². The second-order valence-electron chi connectivity index (χ2n) is 6.15. The molecule has 0 N–H and O–H groups in total. The van der Waals surface area contributed by atoms with E-state index in [0.717, 1.165) is 32.4 Å². The van der Waals surface area contributed by atoms with E-state index in [-0.39, 0.29) is 23.2 Å². The molecule has 0 bridgehead atoms. The first-order chi connectivity index (χ1) is 8.73. The standard InChI is InChI=1S/C13H24N2O3S/c1-11(10-19(3,17)18)15-8-6-13(7-9-15)5-4-12(16)14(13)2/h11H,4-10H2,1-3H3/t11-/m0/s1. The molecule has 0 aliphatic carbocycles. The van der Waals surface area contributed by atoms with Crippen LogP contribution in [0.1, 0.15) is 32.6 Å². The Morgan fingerprint density at radius 2 is 1.84 bits per heavy atom. The van der Waals surface area contributed by atoms with Crippen molar-refractivity contribution in [2.45, 2.75) is 44.2 Å². The van der Waals surface area contributed by atoms with Crippen LogP contribution < -0.4 is 0 Å². The number of piperidine rings is 1. The highest BCUT2D eigenvalue weighted by molar-refractivity contribution is 7.90. The van der Waals surface area contributed by atoms with Crippen LogP contribution in [0.3, 0.4) is 0 Å². The molecule has 0 unspecified atom stereocenters. The summed E-state index contributed by atoms with van der Waals surface area (Å²) in [6.45, 7) is 3.74. The highest BCUT2D eigenvalue weighted by atomic mass is 32.2. The summed E-state index contributed by atoms with van der Waals surface area (Å²) in [6, 6.07) is 0.0646. The molecule has 2 rings (SSSR count). The molecule has 6 heteroatoms. The summed E-state index contributed by atoms with van der Waals surface area (Å²) < 4.78 is 22.7. The van der Waals surface area contributed by atoms with E-state index >= 15 is 0 Å². The lowest BCUT2D eigenvalue weighted by molar-refractivity contribution is -0.130. The van der Waals surface area contributed by atoms with Crippen LogP contribution in [0.25, 0.3) is 0 Å². The van der Waals surface area contributed by atoms with E-state index in [1.807, 2.05) is 18.9 Å². The van der Waals surface area contributed by atoms with Gasteiger partial charge in [-0.3, -0.25) is 9.69 Å². The Balaban J connectivity index is 1.94. The molecule has 1 amide bonds. The van der Waals surface area contributed by atoms with Crippen molar-refractivity contribution in [3.05, 3.63) is 0 Å². The first-order valence-corrected chi connectivity index (χ1v) is 8.98. The average molecular weight is 288 g/mol. The zero-order valence-corrected chi connectivity index (χ0v) is 12.9. The molecule has 0 aromatic carbocycles. The summed E-state index contributed by atoms with van der Waals surface area (Å²) in [7, 11) is -1.02. The van der Waals surface area contributed by atoms with E-state index in [1.54, 1.807) is 0 Å². The molecule has 5 nitrogen and oxygen atoms in total. The quantitative estimate of drug-likeness (QED) is 0.759. The Labute approximate surface area is 115 Å². The number of hydrogen-bond donors (Lipinski definition) is 0. The van der Waals surface area contributed by atoms with Gasteiger partial charge in [0.2, 0.25) is 5.91 Å². The molecule has 2 fully saturated rings. The topological polar surface area (TPSA) is 57.7 Å². The highest BCUT2D eigenvalue weighted by Gasteiger charge is 2.45. The van der Waals surface area contributed by atoms with Crippen LogP contribution in [-0.4, -0.2) is 67.9 Å². The predicted molar refractivity (Wildman–Crippen MR) is 74.7 cm³/mol. The highest BCUT2D eigenvalue weighted by Crippen LogP contribution is 2.38. The normalized spacial score (nSPS) is 26.1. The van der Waals surface area contributed by atoms with Crippen molar-refractivity contribution < 1.29 is 13.2 Å². The number of rotatable bonds is 3. The van der Waals surface area contributed by atoms with Gasteiger partial charge in [-0.2, -0.15) is 0 Å². The molecule has 0 aromatic heterocycles. The van der Waals surface area contributed by atoms with Crippen molar-refractivity contribution >= 4 is 15.7 Å². The van der Waals surface area contributed by atoms with Crippen LogP contribution in [0.5, 0.6) is 0 Å². The van der Waals surface area contributed by atoms with Gasteiger partial charge in [0.05, 0.1) is 5.75 Å². The van der Waals surface area contributed by atoms with Crippen molar-refractivity contribution in [1.29, 1.82) is 0 Å². The molecule has 0 saturated carbocycles. The molecule has 0 radical (unpaired) electrons. The summed E-state index contributed by atoms with van der Waals surface area (Å²) in [5.41, 5.74) is 0.0401. The number of amides is 1. The Hall–Kier alpha value is -0.620. The third kappa shape index (κ3) is 3.11. The minimum Gasteiger partial charge on any atom is -0.340 e. The number of carbonyl (C=O) groups is 1. The summed E-state index contributed by atoms with van der Waals surface area (Å²) >= 11 is 0. The fourth-order valence-corrected chi connectivity index (χ4v) is 4.54. The predicted octanol–water partition coefficient (Wildman–Crippen LogP) is 0.506. The SMILES string of the molecule is C[C@@H](CS(C)(=O)=O)N1CCC2(CCC(=O)N2C)CC1. The Bertz CT molecular complexity index is 453. The summed E-state index contributed by atoms with van der Waals surface area (Å²) in [5.74, 6) is 0.465. The lowest BCUT2D eigenvalue weighted by Crippen LogP contribution is -2.54. The lowest BCUT2D eigenvalue weighted by Gasteiger charge is -2.45. The van der Waals surface area contributed by atoms with Gasteiger partial charge in [-0.15, -0.1) is 0 Å². The van der Waals surface area contributed by atoms with Crippen molar-refractivity contribution in [1.82, 2.24) is 9.80 Å². The van der Waals surface area contributed by atoms with Crippen LogP contribution in [0.15, 0.2) is 0 Å². The van der Waals surface area contributed by atoms with Gasteiger partial charge >= 0.3 is 0 Å². The van der Waals surface area contributed by atoms with Gasteiger partial charge in [0, 0.05) is 44.4 Å². The van der Waals surface area contributed by atoms with Gasteiger partial charge in [-0.05, 0) is 26.2 Å². The lowest BCUT2D eigenvalue weighted by atomic mass is 9.85. The molecule has 1 atom stereocenters. The van der Waals surface area contributed by atoms with E-state index in [9.17, 15) is 13.2 Å². The van der Waals surface area contributed by atoms with E-state index < -0.39 is 9.84 Å². The van der Waals surface area contributed by atoms with Crippen LogP contribution in [0.2, 0.25) is 0 Å². The molecular weight excluding hydrogens is 264 g/mol. The van der Waals surface area contributed by atoms with Gasteiger partial charge in [-0.1, -0.05) is 0 Å². The summed E-state index contributed by atoms with van der Waals surface area (Å²) in [5, 5.41) is 0. The zero-order valence-electron chi connectivity index (χ0n) is 12.1. The summed E-state index contributed by atoms with van der Waals surface area (Å²) in [4.78, 5) is 15.8. The van der Waals surface area contributed by atoms with Crippen LogP contribution >= 0.6 is 0 Å². The fraction of sp³-hybridized carbons (Fsp3) is 0.923. The Morgan fingerprint density at radius 1 is 1.26 bits per heavy atom. The van der Waals surface area contributed by atoms with Crippen molar-refractivity contribution in [2.75, 3.05) is 32.1 Å². The molecule has 1 spiro atoms. The Morgan fingerprint density at radius 3 is 2.26 bits per heavy atom. The van der Waals surface area contributed by atoms with Gasteiger partial charge in [0.25, 0.3) is 0 Å². The second-order valence-corrected chi connectivity index (χ2v) is 8.34. The molecule has 2 aliphatic heterocycles. The van der Waals surface area contributed by atoms with E-state index in [2.05, 4.69) is 4.90 Å². The zero-order chi connectivity index (χ0) is 14.3. The summed E-state index contributed by atoms with van der Waals surface area (Å²) in [6.07, 6.45) is 4.83. The number of hydrogen-bond acceptors (Lipinski definition) is 4. The third-order valence-corrected chi connectivity index (χ3v) is 5.87. The molecule has 2 heterocycles. The smallest absolute Gasteiger partial charge is 0.222 e. The van der Waals surface area contributed by atoms with E-state index in [4.69, 9.17) is 0 Å². The average Bonchev–Trinajstić information content (AvgIpc) is 2.57. The number of likely N-dealkylation sites (tertiary alicyclic amines) is 2. The van der Waals surface area contributed by atoms with Crippen LogP contribution in [0, 0.1) is 0 Å². The molecule has 110 valence electrons. The van der Waals surface area contributed by atoms with Crippen LogP contribution in [0.4, 0.5) is 0 Å². The second kappa shape index (κ2) is 5.05. The minimum absolute atomic E-state index is 0.0401. The van der Waals surface area contributed by atoms with Gasteiger partial charge < -0.3 is 4.90 Å². The molecule has 2 saturated heterocycles. The van der Waals surface area contributed by atoms with Crippen molar-refractivity contribution in [3.8, 4) is 0 Å². The number of sulfone groups is 1. The largest absolute Gasteiger partial charge is 0.340 e. The molecule has 19 heavy (non-hydrogen) atoms. The maximum absolute atomic E-state index is 11.7. The van der Waals surface area contributed by atoms with E-state index in [0.29, 0.717) is 6.42 Å². The number of carbonyl (C=O) groups excluding carboxylic acids is 1. The van der Waals surface area contributed by atoms with Crippen molar-refractivity contribution in [2.24, 2.45) is 0 Å². The third-order valence-electron chi connectivity index (χ3n) is 4.79. The van der Waals surface area contributed by atoms with Gasteiger partial charge in [-0.25, -0.2) is 8.42 Å².